The van der Waals surface area contributed by atoms with Crippen LogP contribution in [-0.4, -0.2) is 46.9 Å². The molecule has 21 heavy (non-hydrogen) atoms. The van der Waals surface area contributed by atoms with E-state index in [4.69, 9.17) is 4.74 Å². The topological polar surface area (TPSA) is 47.4 Å². The van der Waals surface area contributed by atoms with Crippen LogP contribution >= 0.6 is 0 Å². The Bertz CT molecular complexity index is 531. The molecule has 2 heterocycles. The van der Waals surface area contributed by atoms with E-state index in [1.54, 1.807) is 4.90 Å². The number of amides is 1. The molecule has 1 aromatic rings. The maximum Gasteiger partial charge on any atom is 0.435 e. The summed E-state index contributed by atoms with van der Waals surface area (Å²) in [5, 5.41) is 3.59. The lowest BCUT2D eigenvalue weighted by molar-refractivity contribution is -0.142. The van der Waals surface area contributed by atoms with Crippen LogP contribution < -0.4 is 0 Å². The lowest BCUT2D eigenvalue weighted by Crippen LogP contribution is -2.42. The van der Waals surface area contributed by atoms with Crippen molar-refractivity contribution in [2.24, 2.45) is 0 Å². The van der Waals surface area contributed by atoms with Gasteiger partial charge in [-0.1, -0.05) is 0 Å². The molecule has 0 unspecified atom stereocenters. The third kappa shape index (κ3) is 3.20. The predicted molar refractivity (Wildman–Crippen MR) is 66.6 cm³/mol. The molecule has 5 nitrogen and oxygen atoms in total. The summed E-state index contributed by atoms with van der Waals surface area (Å²) in [5.74, 6) is -0.108. The van der Waals surface area contributed by atoms with Crippen molar-refractivity contribution in [2.45, 2.75) is 31.5 Å². The van der Waals surface area contributed by atoms with Gasteiger partial charge in [0.05, 0.1) is 13.2 Å². The standard InChI is InChI=1S/C13H16F3N3O2/c14-13(15,16)11-7-10(9-1-2-9)19(17-11)8-12(20)18-3-5-21-6-4-18/h7,9H,1-6,8H2. The molecule has 0 radical (unpaired) electrons. The van der Waals surface area contributed by atoms with Gasteiger partial charge >= 0.3 is 6.18 Å². The number of carbonyl (C=O) groups is 1. The highest BCUT2D eigenvalue weighted by Gasteiger charge is 2.38. The quantitative estimate of drug-likeness (QED) is 0.853. The number of nitrogens with zero attached hydrogens (tertiary/aromatic N) is 3. The van der Waals surface area contributed by atoms with Gasteiger partial charge in [0, 0.05) is 24.7 Å². The highest BCUT2D eigenvalue weighted by atomic mass is 19.4. The summed E-state index contributed by atoms with van der Waals surface area (Å²) in [7, 11) is 0. The van der Waals surface area contributed by atoms with Gasteiger partial charge in [0.2, 0.25) is 5.91 Å². The smallest absolute Gasteiger partial charge is 0.378 e. The van der Waals surface area contributed by atoms with Gasteiger partial charge in [0.25, 0.3) is 0 Å². The Morgan fingerprint density at radius 3 is 2.57 bits per heavy atom. The molecule has 3 rings (SSSR count). The van der Waals surface area contributed by atoms with Crippen molar-refractivity contribution in [3.05, 3.63) is 17.5 Å². The van der Waals surface area contributed by atoms with E-state index < -0.39 is 11.9 Å². The highest BCUT2D eigenvalue weighted by Crippen LogP contribution is 2.42. The van der Waals surface area contributed by atoms with Crippen molar-refractivity contribution >= 4 is 5.91 Å². The molecule has 0 atom stereocenters. The van der Waals surface area contributed by atoms with E-state index in [2.05, 4.69) is 5.10 Å². The Morgan fingerprint density at radius 2 is 2.00 bits per heavy atom. The summed E-state index contributed by atoms with van der Waals surface area (Å²) < 4.78 is 44.7. The molecule has 0 bridgehead atoms. The number of rotatable bonds is 3. The van der Waals surface area contributed by atoms with Gasteiger partial charge in [0.1, 0.15) is 6.54 Å². The minimum Gasteiger partial charge on any atom is -0.378 e. The SMILES string of the molecule is O=C(Cn1nc(C(F)(F)F)cc1C1CC1)N1CCOCC1. The fourth-order valence-electron chi connectivity index (χ4n) is 2.44. The molecular weight excluding hydrogens is 287 g/mol. The van der Waals surface area contributed by atoms with Crippen LogP contribution in [0.4, 0.5) is 13.2 Å². The van der Waals surface area contributed by atoms with Crippen LogP contribution in [-0.2, 0) is 22.3 Å². The van der Waals surface area contributed by atoms with Crippen LogP contribution in [0, 0.1) is 0 Å². The van der Waals surface area contributed by atoms with E-state index >= 15 is 0 Å². The Morgan fingerprint density at radius 1 is 1.33 bits per heavy atom. The van der Waals surface area contributed by atoms with Gasteiger partial charge in [-0.2, -0.15) is 18.3 Å². The molecule has 0 aromatic carbocycles. The summed E-state index contributed by atoms with van der Waals surface area (Å²) in [4.78, 5) is 13.8. The molecular formula is C13H16F3N3O2. The maximum absolute atomic E-state index is 12.8. The fourth-order valence-corrected chi connectivity index (χ4v) is 2.44. The van der Waals surface area contributed by atoms with Crippen molar-refractivity contribution in [1.29, 1.82) is 0 Å². The van der Waals surface area contributed by atoms with E-state index in [0.29, 0.717) is 32.0 Å². The summed E-state index contributed by atoms with van der Waals surface area (Å²) in [6.45, 7) is 1.75. The first-order valence-corrected chi connectivity index (χ1v) is 6.95. The average molecular weight is 303 g/mol. The van der Waals surface area contributed by atoms with Gasteiger partial charge in [-0.05, 0) is 18.9 Å². The monoisotopic (exact) mass is 303 g/mol. The van der Waals surface area contributed by atoms with Gasteiger partial charge in [-0.15, -0.1) is 0 Å². The Kier molecular flexibility index (Phi) is 3.64. The van der Waals surface area contributed by atoms with Gasteiger partial charge in [-0.3, -0.25) is 9.48 Å². The number of alkyl halides is 3. The van der Waals surface area contributed by atoms with Crippen molar-refractivity contribution in [2.75, 3.05) is 26.3 Å². The van der Waals surface area contributed by atoms with Crippen LogP contribution in [0.1, 0.15) is 30.1 Å². The first kappa shape index (κ1) is 14.4. The van der Waals surface area contributed by atoms with Crippen LogP contribution in [0.15, 0.2) is 6.07 Å². The highest BCUT2D eigenvalue weighted by molar-refractivity contribution is 5.76. The second-order valence-electron chi connectivity index (χ2n) is 5.38. The molecule has 0 spiro atoms. The minimum atomic E-state index is -4.48. The van der Waals surface area contributed by atoms with Crippen LogP contribution in [0.5, 0.6) is 0 Å². The molecule has 2 fully saturated rings. The lowest BCUT2D eigenvalue weighted by Gasteiger charge is -2.27. The Hall–Kier alpha value is -1.57. The molecule has 1 saturated carbocycles. The number of halogens is 3. The zero-order valence-electron chi connectivity index (χ0n) is 11.4. The molecule has 2 aliphatic rings. The average Bonchev–Trinajstić information content (AvgIpc) is 3.20. The molecule has 116 valence electrons. The van der Waals surface area contributed by atoms with Crippen LogP contribution in [0.25, 0.3) is 0 Å². The van der Waals surface area contributed by atoms with Crippen molar-refractivity contribution < 1.29 is 22.7 Å². The first-order chi connectivity index (χ1) is 9.95. The Balaban J connectivity index is 1.77. The number of morpholine rings is 1. The molecule has 1 aromatic heterocycles. The maximum atomic E-state index is 12.8. The molecule has 0 N–H and O–H groups in total. The van der Waals surface area contributed by atoms with Crippen molar-refractivity contribution in [1.82, 2.24) is 14.7 Å². The number of aromatic nitrogens is 2. The summed E-state index contributed by atoms with van der Waals surface area (Å²) >= 11 is 0. The zero-order valence-corrected chi connectivity index (χ0v) is 11.4. The number of ether oxygens (including phenoxy) is 1. The normalized spacial score (nSPS) is 19.9. The molecule has 8 heteroatoms. The van der Waals surface area contributed by atoms with E-state index in [9.17, 15) is 18.0 Å². The summed E-state index contributed by atoms with van der Waals surface area (Å²) in [6.07, 6.45) is -2.76. The van der Waals surface area contributed by atoms with Gasteiger partial charge in [-0.25, -0.2) is 0 Å². The minimum absolute atomic E-state index is 0.103. The second-order valence-corrected chi connectivity index (χ2v) is 5.38. The van der Waals surface area contributed by atoms with Crippen LogP contribution in [0.3, 0.4) is 0 Å². The third-order valence-electron chi connectivity index (χ3n) is 3.75. The third-order valence-corrected chi connectivity index (χ3v) is 3.75. The lowest BCUT2D eigenvalue weighted by atomic mass is 10.2. The van der Waals surface area contributed by atoms with Crippen LogP contribution in [0.2, 0.25) is 0 Å². The Labute approximate surface area is 119 Å². The summed E-state index contributed by atoms with van der Waals surface area (Å²) in [6, 6.07) is 1.07. The molecule has 1 aliphatic carbocycles. The van der Waals surface area contributed by atoms with Crippen molar-refractivity contribution in [3.63, 3.8) is 0 Å². The molecule has 1 aliphatic heterocycles. The summed E-state index contributed by atoms with van der Waals surface area (Å²) in [5.41, 5.74) is -0.400. The first-order valence-electron chi connectivity index (χ1n) is 6.95. The largest absolute Gasteiger partial charge is 0.435 e. The number of carbonyl (C=O) groups excluding carboxylic acids is 1. The van der Waals surface area contributed by atoms with Gasteiger partial charge < -0.3 is 9.64 Å². The van der Waals surface area contributed by atoms with E-state index in [1.165, 1.54) is 4.68 Å². The number of hydrogen-bond donors (Lipinski definition) is 0. The van der Waals surface area contributed by atoms with E-state index in [0.717, 1.165) is 18.9 Å². The predicted octanol–water partition coefficient (Wildman–Crippen LogP) is 1.64. The zero-order chi connectivity index (χ0) is 15.0. The van der Waals surface area contributed by atoms with Gasteiger partial charge in [0.15, 0.2) is 5.69 Å². The molecule has 1 saturated heterocycles. The van der Waals surface area contributed by atoms with E-state index in [-0.39, 0.29) is 18.4 Å². The van der Waals surface area contributed by atoms with Crippen molar-refractivity contribution in [3.8, 4) is 0 Å². The number of hydrogen-bond acceptors (Lipinski definition) is 3. The second kappa shape index (κ2) is 5.32. The fraction of sp³-hybridized carbons (Fsp3) is 0.692. The van der Waals surface area contributed by atoms with E-state index in [1.807, 2.05) is 0 Å². The molecule has 1 amide bonds.